The minimum Gasteiger partial charge on any atom is -0.486 e. The number of rotatable bonds is 3. The molecule has 1 heterocycles. The molecule has 0 atom stereocenters. The predicted molar refractivity (Wildman–Crippen MR) is 71.4 cm³/mol. The third kappa shape index (κ3) is 1.87. The second-order valence-corrected chi connectivity index (χ2v) is 5.68. The van der Waals surface area contributed by atoms with E-state index in [4.69, 9.17) is 9.47 Å². The summed E-state index contributed by atoms with van der Waals surface area (Å²) in [7, 11) is 2.03. The molecular formula is C15H21NO2. The number of nitrogens with one attached hydrogen (secondary N) is 1. The Bertz CT molecular complexity index is 433. The first kappa shape index (κ1) is 11.8. The maximum absolute atomic E-state index is 5.69. The molecule has 0 bridgehead atoms. The largest absolute Gasteiger partial charge is 0.486 e. The van der Waals surface area contributed by atoms with Gasteiger partial charge in [-0.05, 0) is 43.5 Å². The minimum atomic E-state index is 0.296. The highest BCUT2D eigenvalue weighted by Gasteiger charge is 2.43. The van der Waals surface area contributed by atoms with E-state index in [0.29, 0.717) is 18.6 Å². The van der Waals surface area contributed by atoms with Gasteiger partial charge in [0.2, 0.25) is 0 Å². The molecule has 1 N–H and O–H groups in total. The van der Waals surface area contributed by atoms with Crippen molar-refractivity contribution in [2.24, 2.45) is 5.92 Å². The summed E-state index contributed by atoms with van der Waals surface area (Å²) in [6.45, 7) is 4.68. The maximum Gasteiger partial charge on any atom is 0.161 e. The summed E-state index contributed by atoms with van der Waals surface area (Å²) >= 11 is 0. The Morgan fingerprint density at radius 2 is 1.94 bits per heavy atom. The lowest BCUT2D eigenvalue weighted by atomic mass is 9.59. The third-order valence-electron chi connectivity index (χ3n) is 4.15. The number of benzene rings is 1. The van der Waals surface area contributed by atoms with Gasteiger partial charge in [-0.25, -0.2) is 0 Å². The van der Waals surface area contributed by atoms with Crippen LogP contribution in [0.2, 0.25) is 0 Å². The van der Waals surface area contributed by atoms with Gasteiger partial charge < -0.3 is 14.8 Å². The van der Waals surface area contributed by atoms with Crippen molar-refractivity contribution in [1.29, 1.82) is 0 Å². The van der Waals surface area contributed by atoms with Crippen LogP contribution < -0.4 is 14.8 Å². The fraction of sp³-hybridized carbons (Fsp3) is 0.600. The first-order valence-corrected chi connectivity index (χ1v) is 6.78. The van der Waals surface area contributed by atoms with Crippen molar-refractivity contribution in [3.63, 3.8) is 0 Å². The minimum absolute atomic E-state index is 0.296. The average Bonchev–Trinajstić information content (AvgIpc) is 2.36. The monoisotopic (exact) mass is 247 g/mol. The van der Waals surface area contributed by atoms with Crippen LogP contribution >= 0.6 is 0 Å². The van der Waals surface area contributed by atoms with Gasteiger partial charge in [-0.1, -0.05) is 13.0 Å². The van der Waals surface area contributed by atoms with E-state index >= 15 is 0 Å². The Morgan fingerprint density at radius 1 is 1.22 bits per heavy atom. The Morgan fingerprint density at radius 3 is 2.61 bits per heavy atom. The van der Waals surface area contributed by atoms with Crippen LogP contribution in [0.1, 0.15) is 25.3 Å². The van der Waals surface area contributed by atoms with Crippen molar-refractivity contribution in [3.05, 3.63) is 23.8 Å². The molecule has 1 aliphatic carbocycles. The highest BCUT2D eigenvalue weighted by molar-refractivity contribution is 5.47. The summed E-state index contributed by atoms with van der Waals surface area (Å²) < 4.78 is 11.3. The second-order valence-electron chi connectivity index (χ2n) is 5.68. The van der Waals surface area contributed by atoms with Gasteiger partial charge in [-0.2, -0.15) is 0 Å². The molecule has 1 fully saturated rings. The molecule has 2 aliphatic rings. The topological polar surface area (TPSA) is 30.5 Å². The summed E-state index contributed by atoms with van der Waals surface area (Å²) in [5.74, 6) is 2.62. The molecule has 0 unspecified atom stereocenters. The van der Waals surface area contributed by atoms with Crippen LogP contribution in [0, 0.1) is 5.92 Å². The van der Waals surface area contributed by atoms with E-state index < -0.39 is 0 Å². The van der Waals surface area contributed by atoms with Gasteiger partial charge in [0.15, 0.2) is 11.5 Å². The fourth-order valence-electron chi connectivity index (χ4n) is 3.47. The highest BCUT2D eigenvalue weighted by atomic mass is 16.6. The molecule has 0 amide bonds. The van der Waals surface area contributed by atoms with Crippen LogP contribution in [0.15, 0.2) is 18.2 Å². The Labute approximate surface area is 108 Å². The molecule has 1 aromatic carbocycles. The van der Waals surface area contributed by atoms with Crippen molar-refractivity contribution >= 4 is 0 Å². The Kier molecular flexibility index (Phi) is 2.94. The zero-order valence-corrected chi connectivity index (χ0v) is 11.2. The molecule has 3 nitrogen and oxygen atoms in total. The Balaban J connectivity index is 1.91. The third-order valence-corrected chi connectivity index (χ3v) is 4.15. The van der Waals surface area contributed by atoms with Crippen LogP contribution in [0.5, 0.6) is 11.5 Å². The fourth-order valence-corrected chi connectivity index (χ4v) is 3.47. The van der Waals surface area contributed by atoms with E-state index in [2.05, 4.69) is 30.4 Å². The van der Waals surface area contributed by atoms with E-state index in [0.717, 1.165) is 24.0 Å². The van der Waals surface area contributed by atoms with Crippen molar-refractivity contribution in [3.8, 4) is 11.5 Å². The zero-order chi connectivity index (χ0) is 12.6. The number of hydrogen-bond acceptors (Lipinski definition) is 3. The van der Waals surface area contributed by atoms with Gasteiger partial charge in [0.25, 0.3) is 0 Å². The molecule has 3 rings (SSSR count). The summed E-state index contributed by atoms with van der Waals surface area (Å²) in [4.78, 5) is 0. The smallest absolute Gasteiger partial charge is 0.161 e. The molecule has 0 radical (unpaired) electrons. The summed E-state index contributed by atoms with van der Waals surface area (Å²) in [5.41, 5.74) is 1.68. The van der Waals surface area contributed by atoms with Gasteiger partial charge in [0.05, 0.1) is 0 Å². The van der Waals surface area contributed by atoms with E-state index in [1.807, 2.05) is 7.05 Å². The molecule has 0 saturated heterocycles. The van der Waals surface area contributed by atoms with Gasteiger partial charge in [0.1, 0.15) is 13.2 Å². The van der Waals surface area contributed by atoms with Crippen LogP contribution in [-0.2, 0) is 5.41 Å². The molecule has 1 saturated carbocycles. The zero-order valence-electron chi connectivity index (χ0n) is 11.2. The lowest BCUT2D eigenvalue weighted by molar-refractivity contribution is 0.150. The van der Waals surface area contributed by atoms with Crippen molar-refractivity contribution < 1.29 is 9.47 Å². The van der Waals surface area contributed by atoms with E-state index in [1.165, 1.54) is 18.4 Å². The van der Waals surface area contributed by atoms with Gasteiger partial charge in [-0.3, -0.25) is 0 Å². The quantitative estimate of drug-likeness (QED) is 0.889. The van der Waals surface area contributed by atoms with E-state index in [1.54, 1.807) is 0 Å². The standard InChI is InChI=1S/C15H21NO2/c1-11-8-15(9-11,10-16-2)12-3-4-13-14(7-12)18-6-5-17-13/h3-4,7,11,16H,5-6,8-10H2,1-2H3. The number of hydrogen-bond donors (Lipinski definition) is 1. The van der Waals surface area contributed by atoms with Crippen molar-refractivity contribution in [2.75, 3.05) is 26.8 Å². The number of fused-ring (bicyclic) bond motifs is 1. The molecule has 1 aliphatic heterocycles. The van der Waals surface area contributed by atoms with Crippen molar-refractivity contribution in [2.45, 2.75) is 25.2 Å². The van der Waals surface area contributed by atoms with E-state index in [-0.39, 0.29) is 0 Å². The van der Waals surface area contributed by atoms with Gasteiger partial charge >= 0.3 is 0 Å². The molecular weight excluding hydrogens is 226 g/mol. The lowest BCUT2D eigenvalue weighted by Crippen LogP contribution is -2.47. The summed E-state index contributed by atoms with van der Waals surface area (Å²) in [6, 6.07) is 6.44. The summed E-state index contributed by atoms with van der Waals surface area (Å²) in [6.07, 6.45) is 2.51. The van der Waals surface area contributed by atoms with Crippen molar-refractivity contribution in [1.82, 2.24) is 5.32 Å². The summed E-state index contributed by atoms with van der Waals surface area (Å²) in [5, 5.41) is 3.34. The molecule has 1 aromatic rings. The molecule has 98 valence electrons. The number of ether oxygens (including phenoxy) is 2. The SMILES string of the molecule is CNCC1(c2ccc3c(c2)OCCO3)CC(C)C1. The van der Waals surface area contributed by atoms with Crippen LogP contribution in [0.25, 0.3) is 0 Å². The Hall–Kier alpha value is -1.22. The highest BCUT2D eigenvalue weighted by Crippen LogP contribution is 2.48. The predicted octanol–water partition coefficient (Wildman–Crippen LogP) is 2.34. The molecule has 0 spiro atoms. The van der Waals surface area contributed by atoms with Gasteiger partial charge in [0, 0.05) is 12.0 Å². The van der Waals surface area contributed by atoms with E-state index in [9.17, 15) is 0 Å². The molecule has 3 heteroatoms. The second kappa shape index (κ2) is 4.47. The van der Waals surface area contributed by atoms with Gasteiger partial charge in [-0.15, -0.1) is 0 Å². The average molecular weight is 247 g/mol. The molecule has 0 aromatic heterocycles. The molecule has 18 heavy (non-hydrogen) atoms. The lowest BCUT2D eigenvalue weighted by Gasteiger charge is -2.47. The number of likely N-dealkylation sites (N-methyl/N-ethyl adjacent to an activating group) is 1. The normalized spacial score (nSPS) is 29.8. The van der Waals surface area contributed by atoms with Crippen LogP contribution in [0.3, 0.4) is 0 Å². The maximum atomic E-state index is 5.69. The first-order chi connectivity index (χ1) is 8.73. The van der Waals surface area contributed by atoms with Crippen LogP contribution in [0.4, 0.5) is 0 Å². The van der Waals surface area contributed by atoms with Crippen LogP contribution in [-0.4, -0.2) is 26.8 Å². The first-order valence-electron chi connectivity index (χ1n) is 6.78.